The fourth-order valence-electron chi connectivity index (χ4n) is 2.77. The van der Waals surface area contributed by atoms with Crippen LogP contribution in [0.4, 0.5) is 0 Å². The van der Waals surface area contributed by atoms with Crippen LogP contribution in [-0.2, 0) is 11.8 Å². The number of carbonyl (C=O) groups is 2. The molecule has 0 spiro atoms. The maximum atomic E-state index is 11.9. The third-order valence-electron chi connectivity index (χ3n) is 3.56. The van der Waals surface area contributed by atoms with Gasteiger partial charge in [-0.25, -0.2) is 0 Å². The van der Waals surface area contributed by atoms with Crippen molar-refractivity contribution < 1.29 is 9.59 Å². The number of imide groups is 1. The van der Waals surface area contributed by atoms with Crippen LogP contribution in [0, 0.1) is 5.92 Å². The number of hydrogen-bond acceptors (Lipinski definition) is 4. The zero-order chi connectivity index (χ0) is 14.7. The first-order valence-electron chi connectivity index (χ1n) is 6.89. The molecular weight excluding hydrogens is 256 g/mol. The van der Waals surface area contributed by atoms with E-state index in [4.69, 9.17) is 5.73 Å². The van der Waals surface area contributed by atoms with Crippen molar-refractivity contribution in [3.63, 3.8) is 0 Å². The third-order valence-corrected chi connectivity index (χ3v) is 3.56. The molecule has 110 valence electrons. The monoisotopic (exact) mass is 278 g/mol. The van der Waals surface area contributed by atoms with Crippen molar-refractivity contribution in [1.29, 1.82) is 0 Å². The van der Waals surface area contributed by atoms with Gasteiger partial charge in [0.25, 0.3) is 5.91 Å². The minimum Gasteiger partial charge on any atom is -0.347 e. The van der Waals surface area contributed by atoms with Crippen LogP contribution < -0.4 is 11.1 Å². The molecule has 2 unspecified atom stereocenters. The molecule has 1 aliphatic rings. The van der Waals surface area contributed by atoms with Gasteiger partial charge in [-0.2, -0.15) is 0 Å². The van der Waals surface area contributed by atoms with E-state index < -0.39 is 0 Å². The summed E-state index contributed by atoms with van der Waals surface area (Å²) in [5, 5.41) is 2.42. The summed E-state index contributed by atoms with van der Waals surface area (Å²) >= 11 is 0. The molecule has 2 rings (SSSR count). The van der Waals surface area contributed by atoms with Crippen molar-refractivity contribution in [2.75, 3.05) is 19.6 Å². The highest BCUT2D eigenvalue weighted by Gasteiger charge is 2.24. The van der Waals surface area contributed by atoms with Crippen molar-refractivity contribution in [2.24, 2.45) is 18.7 Å². The molecule has 2 atom stereocenters. The molecule has 0 aliphatic carbocycles. The van der Waals surface area contributed by atoms with Gasteiger partial charge in [0.1, 0.15) is 5.69 Å². The number of rotatable bonds is 3. The van der Waals surface area contributed by atoms with Gasteiger partial charge >= 0.3 is 0 Å². The van der Waals surface area contributed by atoms with Crippen LogP contribution >= 0.6 is 0 Å². The normalized spacial score (nSPS) is 23.6. The lowest BCUT2D eigenvalue weighted by atomic mass is 9.97. The van der Waals surface area contributed by atoms with Gasteiger partial charge < -0.3 is 10.3 Å². The van der Waals surface area contributed by atoms with E-state index in [1.54, 1.807) is 29.9 Å². The number of likely N-dealkylation sites (tertiary alicyclic amines) is 1. The lowest BCUT2D eigenvalue weighted by molar-refractivity contribution is -0.121. The molecule has 0 radical (unpaired) electrons. The summed E-state index contributed by atoms with van der Waals surface area (Å²) in [6.45, 7) is 3.89. The Kier molecular flexibility index (Phi) is 4.57. The predicted octanol–water partition coefficient (Wildman–Crippen LogP) is -0.0494. The number of nitrogens with zero attached hydrogens (tertiary/aromatic N) is 2. The van der Waals surface area contributed by atoms with Crippen LogP contribution in [0.3, 0.4) is 0 Å². The highest BCUT2D eigenvalue weighted by molar-refractivity contribution is 6.04. The Morgan fingerprint density at radius 3 is 2.80 bits per heavy atom. The summed E-state index contributed by atoms with van der Waals surface area (Å²) in [6, 6.07) is 3.56. The van der Waals surface area contributed by atoms with Crippen LogP contribution in [0.2, 0.25) is 0 Å². The van der Waals surface area contributed by atoms with E-state index in [9.17, 15) is 9.59 Å². The van der Waals surface area contributed by atoms with Crippen molar-refractivity contribution in [1.82, 2.24) is 14.8 Å². The van der Waals surface area contributed by atoms with Gasteiger partial charge in [0.05, 0.1) is 6.54 Å². The first kappa shape index (κ1) is 14.7. The molecule has 1 aromatic heterocycles. The minimum atomic E-state index is -0.364. The Hall–Kier alpha value is -1.66. The molecule has 1 aromatic rings. The molecule has 20 heavy (non-hydrogen) atoms. The van der Waals surface area contributed by atoms with Gasteiger partial charge in [-0.05, 0) is 24.5 Å². The fourth-order valence-corrected chi connectivity index (χ4v) is 2.77. The Morgan fingerprint density at radius 1 is 1.45 bits per heavy atom. The summed E-state index contributed by atoms with van der Waals surface area (Å²) in [5.41, 5.74) is 6.42. The molecule has 2 amide bonds. The molecular formula is C14H22N4O2. The minimum absolute atomic E-state index is 0.107. The highest BCUT2D eigenvalue weighted by atomic mass is 16.2. The van der Waals surface area contributed by atoms with Gasteiger partial charge in [0.2, 0.25) is 5.91 Å². The van der Waals surface area contributed by atoms with Crippen LogP contribution in [0.25, 0.3) is 0 Å². The number of aromatic nitrogens is 1. The van der Waals surface area contributed by atoms with Gasteiger partial charge in [0.15, 0.2) is 0 Å². The number of hydrogen-bond donors (Lipinski definition) is 2. The van der Waals surface area contributed by atoms with Gasteiger partial charge in [-0.1, -0.05) is 6.92 Å². The predicted molar refractivity (Wildman–Crippen MR) is 76.1 cm³/mol. The topological polar surface area (TPSA) is 80.4 Å². The number of piperidine rings is 1. The van der Waals surface area contributed by atoms with E-state index >= 15 is 0 Å². The van der Waals surface area contributed by atoms with E-state index in [0.717, 1.165) is 13.0 Å². The second kappa shape index (κ2) is 6.19. The van der Waals surface area contributed by atoms with Crippen LogP contribution in [0.5, 0.6) is 0 Å². The first-order chi connectivity index (χ1) is 9.45. The van der Waals surface area contributed by atoms with Crippen molar-refractivity contribution >= 4 is 11.8 Å². The number of amides is 2. The Balaban J connectivity index is 1.86. The average molecular weight is 278 g/mol. The van der Waals surface area contributed by atoms with Gasteiger partial charge in [-0.15, -0.1) is 0 Å². The summed E-state index contributed by atoms with van der Waals surface area (Å²) in [4.78, 5) is 25.8. The zero-order valence-corrected chi connectivity index (χ0v) is 12.0. The summed E-state index contributed by atoms with van der Waals surface area (Å²) in [7, 11) is 1.77. The maximum Gasteiger partial charge on any atom is 0.274 e. The van der Waals surface area contributed by atoms with E-state index in [2.05, 4.69) is 12.2 Å². The molecule has 2 heterocycles. The molecule has 1 saturated heterocycles. The summed E-state index contributed by atoms with van der Waals surface area (Å²) < 4.78 is 1.68. The van der Waals surface area contributed by atoms with Gasteiger partial charge in [-0.3, -0.25) is 19.8 Å². The Bertz CT molecular complexity index is 487. The second-order valence-corrected chi connectivity index (χ2v) is 5.68. The molecule has 6 nitrogen and oxygen atoms in total. The van der Waals surface area contributed by atoms with E-state index in [0.29, 0.717) is 18.2 Å². The first-order valence-corrected chi connectivity index (χ1v) is 6.89. The molecule has 1 aliphatic heterocycles. The number of carbonyl (C=O) groups excluding carboxylic acids is 2. The van der Waals surface area contributed by atoms with Crippen molar-refractivity contribution in [3.8, 4) is 0 Å². The molecule has 6 heteroatoms. The van der Waals surface area contributed by atoms with E-state index in [1.807, 2.05) is 4.90 Å². The Labute approximate surface area is 118 Å². The maximum absolute atomic E-state index is 11.9. The summed E-state index contributed by atoms with van der Waals surface area (Å²) in [5.74, 6) is -0.163. The fraction of sp³-hybridized carbons (Fsp3) is 0.571. The summed E-state index contributed by atoms with van der Waals surface area (Å²) in [6.07, 6.45) is 2.76. The van der Waals surface area contributed by atoms with Crippen LogP contribution in [0.1, 0.15) is 23.8 Å². The molecule has 0 bridgehead atoms. The molecule has 0 aromatic carbocycles. The van der Waals surface area contributed by atoms with E-state index in [1.165, 1.54) is 0 Å². The molecule has 0 saturated carbocycles. The second-order valence-electron chi connectivity index (χ2n) is 5.68. The number of nitrogens with one attached hydrogen (secondary N) is 1. The number of nitrogens with two attached hydrogens (primary N) is 1. The zero-order valence-electron chi connectivity index (χ0n) is 12.0. The lowest BCUT2D eigenvalue weighted by Crippen LogP contribution is -2.50. The van der Waals surface area contributed by atoms with E-state index in [-0.39, 0.29) is 24.4 Å². The lowest BCUT2D eigenvalue weighted by Gasteiger charge is -2.34. The number of aryl methyl sites for hydroxylation is 1. The van der Waals surface area contributed by atoms with Gasteiger partial charge in [0, 0.05) is 32.4 Å². The van der Waals surface area contributed by atoms with Crippen LogP contribution in [0.15, 0.2) is 18.3 Å². The highest BCUT2D eigenvalue weighted by Crippen LogP contribution is 2.14. The quantitative estimate of drug-likeness (QED) is 0.812. The van der Waals surface area contributed by atoms with Crippen molar-refractivity contribution in [3.05, 3.63) is 24.0 Å². The average Bonchev–Trinajstić information content (AvgIpc) is 2.73. The van der Waals surface area contributed by atoms with Crippen LogP contribution in [-0.4, -0.2) is 47.0 Å². The standard InChI is InChI=1S/C14H22N4O2/c1-10-6-11(15)8-18(7-10)9-13(19)16-14(20)12-4-3-5-17(12)2/h3-5,10-11H,6-9,15H2,1-2H3,(H,16,19,20). The van der Waals surface area contributed by atoms with Crippen molar-refractivity contribution in [2.45, 2.75) is 19.4 Å². The smallest absolute Gasteiger partial charge is 0.274 e. The largest absolute Gasteiger partial charge is 0.347 e. The SMILES string of the molecule is CC1CC(N)CN(CC(=O)NC(=O)c2cccn2C)C1. The third kappa shape index (κ3) is 3.68. The molecule has 1 fully saturated rings. The Morgan fingerprint density at radius 2 is 2.20 bits per heavy atom. The molecule has 3 N–H and O–H groups in total.